The lowest BCUT2D eigenvalue weighted by atomic mass is 10.0. The lowest BCUT2D eigenvalue weighted by Crippen LogP contribution is -2.49. The molecule has 0 amide bonds. The molecule has 0 spiro atoms. The van der Waals surface area contributed by atoms with Gasteiger partial charge in [-0.2, -0.15) is 0 Å². The summed E-state index contributed by atoms with van der Waals surface area (Å²) in [5, 5.41) is 2.02. The Morgan fingerprint density at radius 2 is 2.31 bits per heavy atom. The highest BCUT2D eigenvalue weighted by molar-refractivity contribution is 5.30. The van der Waals surface area contributed by atoms with Crippen LogP contribution in [0.1, 0.15) is 17.3 Å². The van der Waals surface area contributed by atoms with Crippen molar-refractivity contribution in [2.24, 2.45) is 5.84 Å². The Bertz CT molecular complexity index is 299. The Morgan fingerprint density at radius 1 is 1.54 bits per heavy atom. The van der Waals surface area contributed by atoms with Gasteiger partial charge in [-0.25, -0.2) is 15.9 Å². The van der Waals surface area contributed by atoms with E-state index < -0.39 is 0 Å². The average Bonchev–Trinajstić information content (AvgIpc) is 2.16. The number of benzene rings is 1. The quantitative estimate of drug-likeness (QED) is 0.421. The van der Waals surface area contributed by atoms with Crippen molar-refractivity contribution < 1.29 is 0 Å². The first-order chi connectivity index (χ1) is 6.31. The number of fused-ring (bicyclic) bond motifs is 1. The van der Waals surface area contributed by atoms with Gasteiger partial charge in [0, 0.05) is 13.6 Å². The predicted octanol–water partition coefficient (Wildman–Crippen LogP) is 0.0985. The third-order valence-corrected chi connectivity index (χ3v) is 2.29. The number of nitrogens with one attached hydrogen (secondary N) is 2. The average molecular weight is 178 g/mol. The molecule has 1 unspecified atom stereocenters. The summed E-state index contributed by atoms with van der Waals surface area (Å²) >= 11 is 0. The van der Waals surface area contributed by atoms with E-state index in [1.807, 2.05) is 24.2 Å². The fraction of sp³-hybridized carbons (Fsp3) is 0.333. The molecule has 0 fully saturated rings. The number of nitrogens with zero attached hydrogens (tertiary/aromatic N) is 1. The van der Waals surface area contributed by atoms with Crippen LogP contribution in [-0.2, 0) is 6.54 Å². The number of nitrogens with two attached hydrogens (primary N) is 1. The van der Waals surface area contributed by atoms with Crippen LogP contribution in [0.2, 0.25) is 0 Å². The van der Waals surface area contributed by atoms with Crippen LogP contribution in [0.4, 0.5) is 0 Å². The lowest BCUT2D eigenvalue weighted by molar-refractivity contribution is 0.152. The zero-order valence-electron chi connectivity index (χ0n) is 7.62. The molecule has 1 atom stereocenters. The van der Waals surface area contributed by atoms with Gasteiger partial charge in [-0.05, 0) is 11.1 Å². The summed E-state index contributed by atoms with van der Waals surface area (Å²) in [5.41, 5.74) is 8.49. The molecule has 1 aromatic rings. The van der Waals surface area contributed by atoms with Crippen LogP contribution in [-0.4, -0.2) is 12.1 Å². The van der Waals surface area contributed by atoms with Gasteiger partial charge in [-0.15, -0.1) is 0 Å². The predicted molar refractivity (Wildman–Crippen MR) is 51.1 cm³/mol. The summed E-state index contributed by atoms with van der Waals surface area (Å²) in [6.45, 7) is 0.911. The zero-order valence-corrected chi connectivity index (χ0v) is 7.62. The van der Waals surface area contributed by atoms with Gasteiger partial charge >= 0.3 is 0 Å². The standard InChI is InChI=1S/C9H14N4/c1-13-6-7-4-2-3-5-8(7)9(11-10)12-13/h2-5,9,11-12H,6,10H2,1H3. The van der Waals surface area contributed by atoms with Gasteiger partial charge in [0.25, 0.3) is 0 Å². The second-order valence-electron chi connectivity index (χ2n) is 3.28. The van der Waals surface area contributed by atoms with E-state index in [4.69, 9.17) is 5.84 Å². The Labute approximate surface area is 77.7 Å². The van der Waals surface area contributed by atoms with Crippen LogP contribution in [0.15, 0.2) is 24.3 Å². The van der Waals surface area contributed by atoms with Crippen LogP contribution in [0.25, 0.3) is 0 Å². The van der Waals surface area contributed by atoms with Crippen molar-refractivity contribution >= 4 is 0 Å². The number of hydrogen-bond donors (Lipinski definition) is 3. The molecule has 1 aliphatic heterocycles. The number of rotatable bonds is 1. The van der Waals surface area contributed by atoms with Crippen LogP contribution >= 0.6 is 0 Å². The van der Waals surface area contributed by atoms with Gasteiger partial charge in [0.05, 0.1) is 0 Å². The molecule has 13 heavy (non-hydrogen) atoms. The normalized spacial score (nSPS) is 22.8. The van der Waals surface area contributed by atoms with E-state index in [2.05, 4.69) is 23.0 Å². The smallest absolute Gasteiger partial charge is 0.109 e. The van der Waals surface area contributed by atoms with E-state index in [1.54, 1.807) is 0 Å². The van der Waals surface area contributed by atoms with Crippen molar-refractivity contribution in [2.45, 2.75) is 12.7 Å². The molecule has 4 N–H and O–H groups in total. The Hall–Kier alpha value is -0.940. The molecule has 2 rings (SSSR count). The van der Waals surface area contributed by atoms with E-state index in [-0.39, 0.29) is 6.17 Å². The first-order valence-electron chi connectivity index (χ1n) is 4.32. The van der Waals surface area contributed by atoms with Crippen LogP contribution in [0.5, 0.6) is 0 Å². The van der Waals surface area contributed by atoms with Crippen molar-refractivity contribution in [3.63, 3.8) is 0 Å². The fourth-order valence-corrected chi connectivity index (χ4v) is 1.68. The Balaban J connectivity index is 2.37. The monoisotopic (exact) mass is 178 g/mol. The van der Waals surface area contributed by atoms with E-state index in [0.717, 1.165) is 6.54 Å². The van der Waals surface area contributed by atoms with Crippen molar-refractivity contribution in [2.75, 3.05) is 7.05 Å². The van der Waals surface area contributed by atoms with Gasteiger partial charge in [0.1, 0.15) is 6.17 Å². The molecule has 0 aliphatic carbocycles. The summed E-state index contributed by atoms with van der Waals surface area (Å²) in [6.07, 6.45) is 0.0231. The van der Waals surface area contributed by atoms with Gasteiger partial charge in [-0.3, -0.25) is 5.84 Å². The third-order valence-electron chi connectivity index (χ3n) is 2.29. The van der Waals surface area contributed by atoms with Crippen LogP contribution in [0.3, 0.4) is 0 Å². The number of hydrazine groups is 2. The molecular formula is C9H14N4. The first kappa shape index (κ1) is 8.65. The lowest BCUT2D eigenvalue weighted by Gasteiger charge is -2.32. The van der Waals surface area contributed by atoms with Crippen molar-refractivity contribution in [3.05, 3.63) is 35.4 Å². The van der Waals surface area contributed by atoms with E-state index in [0.29, 0.717) is 0 Å². The molecule has 0 saturated carbocycles. The molecule has 0 aromatic heterocycles. The van der Waals surface area contributed by atoms with Crippen LogP contribution in [0, 0.1) is 0 Å². The molecule has 1 aliphatic rings. The molecule has 0 saturated heterocycles. The summed E-state index contributed by atoms with van der Waals surface area (Å²) in [7, 11) is 2.00. The molecule has 4 heteroatoms. The summed E-state index contributed by atoms with van der Waals surface area (Å²) in [6, 6.07) is 8.28. The van der Waals surface area contributed by atoms with Crippen molar-refractivity contribution in [1.82, 2.24) is 15.9 Å². The highest BCUT2D eigenvalue weighted by atomic mass is 15.6. The van der Waals surface area contributed by atoms with Crippen LogP contribution < -0.4 is 16.7 Å². The zero-order chi connectivity index (χ0) is 9.26. The van der Waals surface area contributed by atoms with E-state index >= 15 is 0 Å². The SMILES string of the molecule is CN1Cc2ccccc2C(NN)N1. The van der Waals surface area contributed by atoms with Gasteiger partial charge in [0.2, 0.25) is 0 Å². The molecule has 0 radical (unpaired) electrons. The minimum Gasteiger partial charge on any atom is -0.270 e. The second-order valence-corrected chi connectivity index (χ2v) is 3.28. The molecule has 1 aromatic carbocycles. The van der Waals surface area contributed by atoms with Gasteiger partial charge in [0.15, 0.2) is 0 Å². The van der Waals surface area contributed by atoms with E-state index in [9.17, 15) is 0 Å². The molecule has 70 valence electrons. The minimum absolute atomic E-state index is 0.0231. The highest BCUT2D eigenvalue weighted by Gasteiger charge is 2.20. The highest BCUT2D eigenvalue weighted by Crippen LogP contribution is 2.20. The maximum absolute atomic E-state index is 5.44. The van der Waals surface area contributed by atoms with Crippen molar-refractivity contribution in [3.8, 4) is 0 Å². The maximum atomic E-state index is 5.44. The Morgan fingerprint density at radius 3 is 3.08 bits per heavy atom. The summed E-state index contributed by atoms with van der Waals surface area (Å²) in [5.74, 6) is 5.44. The summed E-state index contributed by atoms with van der Waals surface area (Å²) < 4.78 is 0. The number of hydrogen-bond acceptors (Lipinski definition) is 4. The third kappa shape index (κ3) is 1.57. The van der Waals surface area contributed by atoms with Gasteiger partial charge < -0.3 is 0 Å². The van der Waals surface area contributed by atoms with Gasteiger partial charge in [-0.1, -0.05) is 24.3 Å². The molecular weight excluding hydrogens is 164 g/mol. The van der Waals surface area contributed by atoms with Crippen molar-refractivity contribution in [1.29, 1.82) is 0 Å². The maximum Gasteiger partial charge on any atom is 0.109 e. The Kier molecular flexibility index (Phi) is 2.28. The minimum atomic E-state index is 0.0231. The fourth-order valence-electron chi connectivity index (χ4n) is 1.68. The first-order valence-corrected chi connectivity index (χ1v) is 4.32. The van der Waals surface area contributed by atoms with E-state index in [1.165, 1.54) is 11.1 Å². The molecule has 0 bridgehead atoms. The molecule has 1 heterocycles. The second kappa shape index (κ2) is 3.43. The molecule has 4 nitrogen and oxygen atoms in total. The largest absolute Gasteiger partial charge is 0.270 e. The summed E-state index contributed by atoms with van der Waals surface area (Å²) in [4.78, 5) is 0. The topological polar surface area (TPSA) is 53.3 Å².